The second-order valence-corrected chi connectivity index (χ2v) is 8.58. The minimum absolute atomic E-state index is 0.406. The molecule has 0 bridgehead atoms. The molecular formula is C20H24F6N2O3S. The van der Waals surface area contributed by atoms with Crippen molar-refractivity contribution in [1.29, 1.82) is 0 Å². The van der Waals surface area contributed by atoms with Crippen LogP contribution >= 0.6 is 0 Å². The maximum Gasteiger partial charge on any atom is 0.417 e. The van der Waals surface area contributed by atoms with Crippen LogP contribution in [0.4, 0.5) is 26.3 Å². The molecule has 1 aromatic rings. The maximum atomic E-state index is 12.5. The number of hydrogen-bond acceptors (Lipinski definition) is 5. The molecule has 12 heteroatoms. The van der Waals surface area contributed by atoms with Crippen LogP contribution in [0.5, 0.6) is 0 Å². The van der Waals surface area contributed by atoms with Gasteiger partial charge in [-0.1, -0.05) is 19.6 Å². The van der Waals surface area contributed by atoms with E-state index in [1.165, 1.54) is 6.92 Å². The van der Waals surface area contributed by atoms with Gasteiger partial charge in [0.25, 0.3) is 0 Å². The third-order valence-electron chi connectivity index (χ3n) is 3.97. The Morgan fingerprint density at radius 1 is 1.19 bits per heavy atom. The van der Waals surface area contributed by atoms with E-state index < -0.39 is 55.5 Å². The van der Waals surface area contributed by atoms with Gasteiger partial charge >= 0.3 is 12.4 Å². The van der Waals surface area contributed by atoms with Crippen LogP contribution in [0.3, 0.4) is 0 Å². The van der Waals surface area contributed by atoms with Gasteiger partial charge in [-0.25, -0.2) is 8.42 Å². The number of halogens is 6. The smallest absolute Gasteiger partial charge is 0.388 e. The Bertz CT molecular complexity index is 1010. The molecule has 180 valence electrons. The molecule has 32 heavy (non-hydrogen) atoms. The Kier molecular flexibility index (Phi) is 10.4. The van der Waals surface area contributed by atoms with Crippen molar-refractivity contribution in [2.45, 2.75) is 44.9 Å². The molecule has 1 aromatic heterocycles. The average Bonchev–Trinajstić information content (AvgIpc) is 2.67. The summed E-state index contributed by atoms with van der Waals surface area (Å²) in [6, 6.07) is 0.447. The van der Waals surface area contributed by atoms with Crippen molar-refractivity contribution in [2.24, 2.45) is 0 Å². The van der Waals surface area contributed by atoms with E-state index in [1.54, 1.807) is 27.0 Å². The van der Waals surface area contributed by atoms with Gasteiger partial charge in [-0.3, -0.25) is 9.78 Å². The zero-order valence-corrected chi connectivity index (χ0v) is 18.9. The number of carbonyl (C=O) groups excluding carboxylic acids is 1. The van der Waals surface area contributed by atoms with Crippen LogP contribution in [0, 0.1) is 0 Å². The summed E-state index contributed by atoms with van der Waals surface area (Å²) < 4.78 is 97.0. The number of allylic oxidation sites excluding steroid dienone is 4. The Balaban J connectivity index is 0.000000622. The molecule has 0 fully saturated rings. The molecule has 0 aliphatic rings. The Morgan fingerprint density at radius 3 is 2.06 bits per heavy atom. The van der Waals surface area contributed by atoms with E-state index >= 15 is 0 Å². The van der Waals surface area contributed by atoms with Crippen LogP contribution in [-0.4, -0.2) is 38.2 Å². The van der Waals surface area contributed by atoms with E-state index in [-0.39, 0.29) is 0 Å². The lowest BCUT2D eigenvalue weighted by Crippen LogP contribution is -2.15. The Hall–Kier alpha value is -2.63. The summed E-state index contributed by atoms with van der Waals surface area (Å²) in [5, 5.41) is 2.79. The van der Waals surface area contributed by atoms with Crippen molar-refractivity contribution in [3.63, 3.8) is 0 Å². The molecular weight excluding hydrogens is 462 g/mol. The number of pyridine rings is 1. The number of nitrogens with zero attached hydrogens (tertiary/aromatic N) is 1. The highest BCUT2D eigenvalue weighted by atomic mass is 32.2. The molecule has 5 nitrogen and oxygen atoms in total. The predicted octanol–water partition coefficient (Wildman–Crippen LogP) is 5.27. The monoisotopic (exact) mass is 486 g/mol. The number of alkyl halides is 6. The summed E-state index contributed by atoms with van der Waals surface area (Å²) in [6.07, 6.45) is -5.89. The first-order chi connectivity index (χ1) is 14.4. The second-order valence-electron chi connectivity index (χ2n) is 6.33. The van der Waals surface area contributed by atoms with E-state index in [1.807, 2.05) is 0 Å². The fourth-order valence-corrected chi connectivity index (χ4v) is 3.36. The van der Waals surface area contributed by atoms with Gasteiger partial charge in [0.05, 0.1) is 16.2 Å². The van der Waals surface area contributed by atoms with Gasteiger partial charge in [-0.05, 0) is 31.6 Å². The lowest BCUT2D eigenvalue weighted by molar-refractivity contribution is -0.138. The Morgan fingerprint density at radius 2 is 1.72 bits per heavy atom. The van der Waals surface area contributed by atoms with E-state index in [0.29, 0.717) is 23.5 Å². The zero-order chi connectivity index (χ0) is 25.5. The van der Waals surface area contributed by atoms with E-state index in [2.05, 4.69) is 16.9 Å². The lowest BCUT2D eigenvalue weighted by atomic mass is 10.1. The van der Waals surface area contributed by atoms with Crippen LogP contribution in [0.15, 0.2) is 52.7 Å². The van der Waals surface area contributed by atoms with Crippen molar-refractivity contribution >= 4 is 15.6 Å². The minimum Gasteiger partial charge on any atom is -0.388 e. The van der Waals surface area contributed by atoms with Crippen LogP contribution in [0.1, 0.15) is 43.7 Å². The third kappa shape index (κ3) is 8.48. The summed E-state index contributed by atoms with van der Waals surface area (Å²) in [5.41, 5.74) is -1.33. The largest absolute Gasteiger partial charge is 0.417 e. The highest BCUT2D eigenvalue weighted by Gasteiger charge is 2.34. The predicted molar refractivity (Wildman–Crippen MR) is 109 cm³/mol. The fourth-order valence-electron chi connectivity index (χ4n) is 2.25. The number of aromatic nitrogens is 1. The average molecular weight is 486 g/mol. The van der Waals surface area contributed by atoms with Gasteiger partial charge in [-0.2, -0.15) is 26.3 Å². The van der Waals surface area contributed by atoms with E-state index in [0.717, 1.165) is 13.0 Å². The van der Waals surface area contributed by atoms with E-state index in [9.17, 15) is 39.6 Å². The molecule has 0 atom stereocenters. The second kappa shape index (κ2) is 11.3. The number of rotatable bonds is 6. The van der Waals surface area contributed by atoms with Crippen molar-refractivity contribution in [3.8, 4) is 0 Å². The summed E-state index contributed by atoms with van der Waals surface area (Å²) in [6.45, 7) is 8.63. The van der Waals surface area contributed by atoms with Crippen molar-refractivity contribution in [2.75, 3.05) is 12.8 Å². The molecule has 1 rings (SSSR count). The van der Waals surface area contributed by atoms with Gasteiger partial charge in [0, 0.05) is 31.4 Å². The number of carbonyl (C=O) groups is 1. The molecule has 0 spiro atoms. The normalized spacial score (nSPS) is 13.2. The van der Waals surface area contributed by atoms with Crippen molar-refractivity contribution in [1.82, 2.24) is 10.3 Å². The van der Waals surface area contributed by atoms with Crippen LogP contribution in [0.25, 0.3) is 0 Å². The van der Waals surface area contributed by atoms with Crippen LogP contribution < -0.4 is 5.32 Å². The van der Waals surface area contributed by atoms with Crippen molar-refractivity contribution in [3.05, 3.63) is 59.1 Å². The number of nitrogens with one attached hydrogen (secondary N) is 1. The molecule has 0 amide bonds. The summed E-state index contributed by atoms with van der Waals surface area (Å²) in [5.74, 6) is -1.10. The van der Waals surface area contributed by atoms with E-state index in [4.69, 9.17) is 0 Å². The minimum atomic E-state index is -4.71. The molecule has 0 radical (unpaired) electrons. The third-order valence-corrected chi connectivity index (χ3v) is 5.71. The highest BCUT2D eigenvalue weighted by Crippen LogP contribution is 2.31. The molecule has 0 saturated heterocycles. The molecule has 0 unspecified atom stereocenters. The first kappa shape index (κ1) is 29.4. The number of Topliss-reactive ketones (excluding diaryl/α,β-unsaturated/α-hetero) is 1. The van der Waals surface area contributed by atoms with Gasteiger partial charge in [0.1, 0.15) is 5.69 Å². The SMILES string of the molecule is C=C(/C=C(C)\C(=C/C)NC)C(F)(F)F.CCS(=O)(=O)c1cc(C(F)(F)F)cnc1C(C)=O. The topological polar surface area (TPSA) is 76.1 Å². The number of sulfone groups is 1. The molecule has 0 aromatic carbocycles. The standard InChI is InChI=1S/C10H10F3NO3S.C10H14F3N/c1-3-18(16,17)8-4-7(10(11,12)13)5-14-9(8)6(2)15;1-5-9(14-4)7(2)6-8(3)10(11,12)13/h4-5H,3H2,1-2H3;5-6,14H,3H2,1-2,4H3/b;7-6-,9-5+. The van der Waals surface area contributed by atoms with Crippen LogP contribution in [-0.2, 0) is 16.0 Å². The van der Waals surface area contributed by atoms with Gasteiger partial charge in [0.15, 0.2) is 15.6 Å². The molecule has 1 heterocycles. The summed E-state index contributed by atoms with van der Waals surface area (Å²) >= 11 is 0. The van der Waals surface area contributed by atoms with Gasteiger partial charge < -0.3 is 5.32 Å². The number of likely N-dealkylation sites (N-methyl/N-ethyl adjacent to an activating group) is 1. The molecule has 1 N–H and O–H groups in total. The van der Waals surface area contributed by atoms with Crippen LogP contribution in [0.2, 0.25) is 0 Å². The fraction of sp³-hybridized carbons (Fsp3) is 0.400. The molecule has 0 aliphatic heterocycles. The lowest BCUT2D eigenvalue weighted by Gasteiger charge is -2.10. The quantitative estimate of drug-likeness (QED) is 0.337. The maximum absolute atomic E-state index is 12.5. The summed E-state index contributed by atoms with van der Waals surface area (Å²) in [7, 11) is -2.28. The number of ketones is 1. The molecule has 0 saturated carbocycles. The molecule has 0 aliphatic carbocycles. The first-order valence-electron chi connectivity index (χ1n) is 9.02. The Labute approximate surface area is 182 Å². The van der Waals surface area contributed by atoms with Gasteiger partial charge in [-0.15, -0.1) is 0 Å². The number of hydrogen-bond donors (Lipinski definition) is 1. The first-order valence-corrected chi connectivity index (χ1v) is 10.7. The van der Waals surface area contributed by atoms with Crippen molar-refractivity contribution < 1.29 is 39.6 Å². The zero-order valence-electron chi connectivity index (χ0n) is 18.1. The summed E-state index contributed by atoms with van der Waals surface area (Å²) in [4.78, 5) is 13.8. The van der Waals surface area contributed by atoms with Gasteiger partial charge in [0.2, 0.25) is 0 Å². The highest BCUT2D eigenvalue weighted by molar-refractivity contribution is 7.91.